The minimum Gasteiger partial charge on any atom is -0.383 e. The highest BCUT2D eigenvalue weighted by molar-refractivity contribution is 9.10. The lowest BCUT2D eigenvalue weighted by Gasteiger charge is -2.09. The fourth-order valence-corrected chi connectivity index (χ4v) is 2.64. The number of nitrogen functional groups attached to an aromatic ring is 1. The van der Waals surface area contributed by atoms with Gasteiger partial charge in [0, 0.05) is 12.2 Å². The molecule has 1 fully saturated rings. The summed E-state index contributed by atoms with van der Waals surface area (Å²) in [6.45, 7) is 1.17. The Morgan fingerprint density at radius 1 is 1.52 bits per heavy atom. The maximum absolute atomic E-state index is 13.7. The number of hydrogen-bond donors (Lipinski definition) is 1. The molecular weight excluding hydrogens is 339 g/mol. The number of nitrogens with zero attached hydrogens (tertiary/aromatic N) is 3. The standard InChI is InChI=1S/C14H12BrFN4O/c15-11-2-1-8(5-12(11)16)13-10(6-17)14(18)20(19-13)9-3-4-21-7-9/h1-2,5,9H,3-4,7,18H2. The molecule has 0 bridgehead atoms. The Morgan fingerprint density at radius 2 is 2.33 bits per heavy atom. The van der Waals surface area contributed by atoms with Crippen molar-refractivity contribution in [2.45, 2.75) is 12.5 Å². The van der Waals surface area contributed by atoms with E-state index in [1.807, 2.05) is 0 Å². The molecule has 1 aromatic heterocycles. The molecular formula is C14H12BrFN4O. The third kappa shape index (κ3) is 2.41. The lowest BCUT2D eigenvalue weighted by molar-refractivity contribution is 0.185. The predicted octanol–water partition coefficient (Wildman–Crippen LogP) is 2.87. The van der Waals surface area contributed by atoms with Crippen molar-refractivity contribution in [2.24, 2.45) is 0 Å². The van der Waals surface area contributed by atoms with E-state index < -0.39 is 5.82 Å². The van der Waals surface area contributed by atoms with Crippen LogP contribution >= 0.6 is 15.9 Å². The molecule has 0 amide bonds. The molecule has 1 aliphatic rings. The van der Waals surface area contributed by atoms with Crippen LogP contribution in [0.5, 0.6) is 0 Å². The molecule has 0 radical (unpaired) electrons. The molecule has 2 N–H and O–H groups in total. The molecule has 108 valence electrons. The maximum Gasteiger partial charge on any atom is 0.140 e. The summed E-state index contributed by atoms with van der Waals surface area (Å²) >= 11 is 3.10. The van der Waals surface area contributed by atoms with Gasteiger partial charge < -0.3 is 10.5 Å². The lowest BCUT2D eigenvalue weighted by Crippen LogP contribution is -2.13. The van der Waals surface area contributed by atoms with Gasteiger partial charge in [0.2, 0.25) is 0 Å². The molecule has 1 atom stereocenters. The Morgan fingerprint density at radius 3 is 2.95 bits per heavy atom. The molecule has 21 heavy (non-hydrogen) atoms. The first-order valence-electron chi connectivity index (χ1n) is 6.43. The summed E-state index contributed by atoms with van der Waals surface area (Å²) in [5.41, 5.74) is 7.21. The second-order valence-electron chi connectivity index (χ2n) is 4.81. The average molecular weight is 351 g/mol. The molecule has 0 spiro atoms. The Labute approximate surface area is 129 Å². The molecule has 1 unspecified atom stereocenters. The first kappa shape index (κ1) is 14.0. The number of halogens is 2. The van der Waals surface area contributed by atoms with E-state index in [4.69, 9.17) is 10.5 Å². The summed E-state index contributed by atoms with van der Waals surface area (Å²) in [5, 5.41) is 13.7. The third-order valence-electron chi connectivity index (χ3n) is 3.50. The number of benzene rings is 1. The number of ether oxygens (including phenoxy) is 1. The van der Waals surface area contributed by atoms with Crippen LogP contribution in [-0.2, 0) is 4.74 Å². The van der Waals surface area contributed by atoms with Crippen molar-refractivity contribution in [3.05, 3.63) is 34.1 Å². The largest absolute Gasteiger partial charge is 0.383 e. The van der Waals surface area contributed by atoms with E-state index in [1.54, 1.807) is 16.8 Å². The quantitative estimate of drug-likeness (QED) is 0.903. The summed E-state index contributed by atoms with van der Waals surface area (Å²) in [7, 11) is 0. The summed E-state index contributed by atoms with van der Waals surface area (Å²) in [6, 6.07) is 6.69. The summed E-state index contributed by atoms with van der Waals surface area (Å²) < 4.78 is 21.0. The zero-order valence-electron chi connectivity index (χ0n) is 11.0. The summed E-state index contributed by atoms with van der Waals surface area (Å²) in [5.74, 6) is -0.111. The number of nitrogens with two attached hydrogens (primary N) is 1. The van der Waals surface area contributed by atoms with E-state index >= 15 is 0 Å². The Kier molecular flexibility index (Phi) is 3.66. The molecule has 0 aliphatic carbocycles. The molecule has 1 aliphatic heterocycles. The van der Waals surface area contributed by atoms with Crippen LogP contribution in [0.15, 0.2) is 22.7 Å². The number of hydrogen-bond acceptors (Lipinski definition) is 4. The van der Waals surface area contributed by atoms with E-state index in [1.165, 1.54) is 6.07 Å². The Balaban J connectivity index is 2.11. The third-order valence-corrected chi connectivity index (χ3v) is 4.15. The van der Waals surface area contributed by atoms with Crippen molar-refractivity contribution in [1.82, 2.24) is 9.78 Å². The van der Waals surface area contributed by atoms with E-state index in [2.05, 4.69) is 27.1 Å². The van der Waals surface area contributed by atoms with Crippen molar-refractivity contribution in [1.29, 1.82) is 5.26 Å². The van der Waals surface area contributed by atoms with Gasteiger partial charge in [-0.2, -0.15) is 10.4 Å². The normalized spacial score (nSPS) is 17.9. The van der Waals surface area contributed by atoms with Crippen LogP contribution < -0.4 is 5.73 Å². The first-order valence-corrected chi connectivity index (χ1v) is 7.22. The van der Waals surface area contributed by atoms with Crippen molar-refractivity contribution < 1.29 is 9.13 Å². The van der Waals surface area contributed by atoms with E-state index in [-0.39, 0.29) is 11.6 Å². The SMILES string of the molecule is N#Cc1c(-c2ccc(Br)c(F)c2)nn(C2CCOC2)c1N. The number of rotatable bonds is 2. The van der Waals surface area contributed by atoms with Crippen molar-refractivity contribution >= 4 is 21.7 Å². The fourth-order valence-electron chi connectivity index (χ4n) is 2.40. The Bertz CT molecular complexity index is 731. The van der Waals surface area contributed by atoms with Gasteiger partial charge in [-0.25, -0.2) is 9.07 Å². The maximum atomic E-state index is 13.7. The Hall–Kier alpha value is -1.91. The van der Waals surface area contributed by atoms with Gasteiger partial charge in [-0.3, -0.25) is 0 Å². The minimum absolute atomic E-state index is 0.0196. The van der Waals surface area contributed by atoms with Gasteiger partial charge in [0.1, 0.15) is 29.0 Å². The van der Waals surface area contributed by atoms with Crippen molar-refractivity contribution in [3.63, 3.8) is 0 Å². The highest BCUT2D eigenvalue weighted by atomic mass is 79.9. The molecule has 2 aromatic rings. The highest BCUT2D eigenvalue weighted by Gasteiger charge is 2.25. The van der Waals surface area contributed by atoms with Gasteiger partial charge in [-0.1, -0.05) is 6.07 Å². The molecule has 1 saturated heterocycles. The van der Waals surface area contributed by atoms with Gasteiger partial charge in [0.25, 0.3) is 0 Å². The van der Waals surface area contributed by atoms with Crippen LogP contribution in [0.4, 0.5) is 10.2 Å². The number of anilines is 1. The van der Waals surface area contributed by atoms with Gasteiger partial charge in [-0.15, -0.1) is 0 Å². The second-order valence-corrected chi connectivity index (χ2v) is 5.67. The number of nitriles is 1. The molecule has 2 heterocycles. The second kappa shape index (κ2) is 5.47. The van der Waals surface area contributed by atoms with E-state index in [0.717, 1.165) is 6.42 Å². The molecule has 0 saturated carbocycles. The first-order chi connectivity index (χ1) is 10.1. The fraction of sp³-hybridized carbons (Fsp3) is 0.286. The van der Waals surface area contributed by atoms with Crippen LogP contribution in [0.3, 0.4) is 0 Å². The van der Waals surface area contributed by atoms with E-state index in [9.17, 15) is 9.65 Å². The molecule has 1 aromatic carbocycles. The van der Waals surface area contributed by atoms with Crippen LogP contribution in [-0.4, -0.2) is 23.0 Å². The molecule has 3 rings (SSSR count). The van der Waals surface area contributed by atoms with Gasteiger partial charge in [-0.05, 0) is 34.5 Å². The van der Waals surface area contributed by atoms with Crippen LogP contribution in [0, 0.1) is 17.1 Å². The van der Waals surface area contributed by atoms with Crippen molar-refractivity contribution in [3.8, 4) is 17.3 Å². The zero-order valence-corrected chi connectivity index (χ0v) is 12.6. The highest BCUT2D eigenvalue weighted by Crippen LogP contribution is 2.32. The van der Waals surface area contributed by atoms with Gasteiger partial charge in [0.05, 0.1) is 17.1 Å². The number of aromatic nitrogens is 2. The monoisotopic (exact) mass is 350 g/mol. The smallest absolute Gasteiger partial charge is 0.140 e. The molecule has 5 nitrogen and oxygen atoms in total. The predicted molar refractivity (Wildman–Crippen MR) is 78.9 cm³/mol. The van der Waals surface area contributed by atoms with Gasteiger partial charge in [0.15, 0.2) is 0 Å². The summed E-state index contributed by atoms with van der Waals surface area (Å²) in [4.78, 5) is 0. The van der Waals surface area contributed by atoms with Crippen LogP contribution in [0.1, 0.15) is 18.0 Å². The summed E-state index contributed by atoms with van der Waals surface area (Å²) in [6.07, 6.45) is 0.797. The van der Waals surface area contributed by atoms with Crippen LogP contribution in [0.25, 0.3) is 11.3 Å². The zero-order chi connectivity index (χ0) is 15.0. The van der Waals surface area contributed by atoms with Crippen LogP contribution in [0.2, 0.25) is 0 Å². The lowest BCUT2D eigenvalue weighted by atomic mass is 10.1. The van der Waals surface area contributed by atoms with Gasteiger partial charge >= 0.3 is 0 Å². The average Bonchev–Trinajstić information content (AvgIpc) is 3.09. The topological polar surface area (TPSA) is 76.9 Å². The minimum atomic E-state index is -0.409. The van der Waals surface area contributed by atoms with E-state index in [0.29, 0.717) is 34.8 Å². The van der Waals surface area contributed by atoms with Crippen molar-refractivity contribution in [2.75, 3.05) is 18.9 Å². The molecule has 7 heteroatoms.